The van der Waals surface area contributed by atoms with Crippen molar-refractivity contribution in [3.63, 3.8) is 0 Å². The molecule has 0 spiro atoms. The van der Waals surface area contributed by atoms with E-state index in [-0.39, 0.29) is 17.6 Å². The molecule has 0 amide bonds. The summed E-state index contributed by atoms with van der Waals surface area (Å²) in [7, 11) is 0. The molecule has 33 heavy (non-hydrogen) atoms. The van der Waals surface area contributed by atoms with Crippen LogP contribution in [0.25, 0.3) is 0 Å². The molecule has 3 aromatic rings. The second kappa shape index (κ2) is 9.61. The molecule has 2 aromatic heterocycles. The molecule has 1 fully saturated rings. The van der Waals surface area contributed by atoms with Crippen LogP contribution in [0.3, 0.4) is 0 Å². The summed E-state index contributed by atoms with van der Waals surface area (Å²) in [6, 6.07) is 8.04. The topological polar surface area (TPSA) is 53.9 Å². The van der Waals surface area contributed by atoms with Crippen LogP contribution in [0.5, 0.6) is 0 Å². The monoisotopic (exact) mass is 479 g/mol. The summed E-state index contributed by atoms with van der Waals surface area (Å²) < 4.78 is 52.4. The van der Waals surface area contributed by atoms with E-state index in [9.17, 15) is 17.6 Å². The molecule has 0 saturated carbocycles. The quantitative estimate of drug-likeness (QED) is 0.447. The highest BCUT2D eigenvalue weighted by Crippen LogP contribution is 2.32. The molecule has 1 saturated heterocycles. The zero-order valence-corrected chi connectivity index (χ0v) is 18.6. The van der Waals surface area contributed by atoms with E-state index in [1.165, 1.54) is 12.1 Å². The van der Waals surface area contributed by atoms with Crippen LogP contribution in [0.1, 0.15) is 41.4 Å². The van der Waals surface area contributed by atoms with Crippen molar-refractivity contribution >= 4 is 23.2 Å². The molecule has 1 N–H and O–H groups in total. The van der Waals surface area contributed by atoms with Crippen LogP contribution in [0, 0.1) is 12.7 Å². The SMILES string of the molecule is Cc1nc(Nc2cc(C(F)(F)F)ccn2)cc(C2CCCN(Cc3ccc(F)cc3Cl)C2)n1. The number of aryl methyl sites for hydroxylation is 1. The van der Waals surface area contributed by atoms with Crippen LogP contribution in [0.2, 0.25) is 5.02 Å². The first-order valence-corrected chi connectivity index (χ1v) is 10.9. The van der Waals surface area contributed by atoms with E-state index in [1.807, 2.05) is 0 Å². The predicted octanol–water partition coefficient (Wildman–Crippen LogP) is 6.11. The van der Waals surface area contributed by atoms with Gasteiger partial charge in [0.2, 0.25) is 0 Å². The molecule has 0 radical (unpaired) electrons. The molecule has 3 heterocycles. The average molecular weight is 480 g/mol. The summed E-state index contributed by atoms with van der Waals surface area (Å²) >= 11 is 6.19. The Morgan fingerprint density at radius 3 is 2.70 bits per heavy atom. The van der Waals surface area contributed by atoms with E-state index in [4.69, 9.17) is 11.6 Å². The number of benzene rings is 1. The molecule has 10 heteroatoms. The maximum Gasteiger partial charge on any atom is 0.416 e. The highest BCUT2D eigenvalue weighted by Gasteiger charge is 2.31. The van der Waals surface area contributed by atoms with Gasteiger partial charge in [-0.05, 0) is 56.1 Å². The van der Waals surface area contributed by atoms with Crippen molar-refractivity contribution in [2.24, 2.45) is 0 Å². The number of likely N-dealkylation sites (tertiary alicyclic amines) is 1. The Balaban J connectivity index is 1.50. The lowest BCUT2D eigenvalue weighted by Crippen LogP contribution is -2.34. The fraction of sp³-hybridized carbons (Fsp3) is 0.348. The Bertz CT molecular complexity index is 1140. The predicted molar refractivity (Wildman–Crippen MR) is 118 cm³/mol. The molecular weight excluding hydrogens is 458 g/mol. The largest absolute Gasteiger partial charge is 0.416 e. The first kappa shape index (κ1) is 23.4. The zero-order chi connectivity index (χ0) is 23.6. The number of halogens is 5. The van der Waals surface area contributed by atoms with Crippen molar-refractivity contribution in [2.75, 3.05) is 18.4 Å². The minimum Gasteiger partial charge on any atom is -0.325 e. The molecule has 5 nitrogen and oxygen atoms in total. The van der Waals surface area contributed by atoms with Crippen molar-refractivity contribution in [3.8, 4) is 0 Å². The van der Waals surface area contributed by atoms with Gasteiger partial charge in [-0.3, -0.25) is 4.90 Å². The molecular formula is C23H22ClF4N5. The Hall–Kier alpha value is -2.78. The van der Waals surface area contributed by atoms with Gasteiger partial charge in [-0.25, -0.2) is 19.3 Å². The molecule has 0 aliphatic carbocycles. The van der Waals surface area contributed by atoms with E-state index in [0.29, 0.717) is 23.2 Å². The zero-order valence-electron chi connectivity index (χ0n) is 17.8. The number of hydrogen-bond acceptors (Lipinski definition) is 5. The van der Waals surface area contributed by atoms with Gasteiger partial charge in [0.1, 0.15) is 23.3 Å². The third-order valence-corrected chi connectivity index (χ3v) is 5.89. The highest BCUT2D eigenvalue weighted by atomic mass is 35.5. The lowest BCUT2D eigenvalue weighted by Gasteiger charge is -2.32. The minimum absolute atomic E-state index is 0.0603. The van der Waals surface area contributed by atoms with Gasteiger partial charge in [0.25, 0.3) is 0 Å². The van der Waals surface area contributed by atoms with Gasteiger partial charge in [0, 0.05) is 36.3 Å². The summed E-state index contributed by atoms with van der Waals surface area (Å²) in [6.45, 7) is 3.95. The van der Waals surface area contributed by atoms with Crippen molar-refractivity contribution in [3.05, 3.63) is 76.1 Å². The molecule has 1 aliphatic rings. The van der Waals surface area contributed by atoms with Crippen molar-refractivity contribution < 1.29 is 17.6 Å². The second-order valence-electron chi connectivity index (χ2n) is 8.09. The Morgan fingerprint density at radius 2 is 1.94 bits per heavy atom. The normalized spacial score (nSPS) is 17.2. The maximum absolute atomic E-state index is 13.3. The molecule has 1 aromatic carbocycles. The minimum atomic E-state index is -4.45. The van der Waals surface area contributed by atoms with Gasteiger partial charge in [0.15, 0.2) is 0 Å². The third kappa shape index (κ3) is 5.97. The summed E-state index contributed by atoms with van der Waals surface area (Å²) in [4.78, 5) is 15.1. The fourth-order valence-electron chi connectivity index (χ4n) is 4.00. The smallest absolute Gasteiger partial charge is 0.325 e. The van der Waals surface area contributed by atoms with E-state index < -0.39 is 11.7 Å². The van der Waals surface area contributed by atoms with Gasteiger partial charge in [-0.1, -0.05) is 17.7 Å². The molecule has 1 unspecified atom stereocenters. The second-order valence-corrected chi connectivity index (χ2v) is 8.49. The van der Waals surface area contributed by atoms with Gasteiger partial charge >= 0.3 is 6.18 Å². The number of hydrogen-bond donors (Lipinski definition) is 1. The van der Waals surface area contributed by atoms with Crippen LogP contribution in [0.15, 0.2) is 42.6 Å². The van der Waals surface area contributed by atoms with Crippen LogP contribution >= 0.6 is 11.6 Å². The Kier molecular flexibility index (Phi) is 6.81. The highest BCUT2D eigenvalue weighted by molar-refractivity contribution is 6.31. The number of rotatable bonds is 5. The summed E-state index contributed by atoms with van der Waals surface area (Å²) in [5, 5.41) is 3.27. The summed E-state index contributed by atoms with van der Waals surface area (Å²) in [5.74, 6) is 0.718. The standard InChI is InChI=1S/C23H22ClF4N5/c1-14-30-20(11-22(31-14)32-21-9-17(6-7-29-21)23(26,27)28)16-3-2-8-33(13-16)12-15-4-5-18(25)10-19(15)24/h4-7,9-11,16H,2-3,8,12-13H2,1H3,(H,29,30,31,32). The third-order valence-electron chi connectivity index (χ3n) is 5.53. The molecule has 1 atom stereocenters. The Labute approximate surface area is 193 Å². The van der Waals surface area contributed by atoms with Gasteiger partial charge in [-0.15, -0.1) is 0 Å². The van der Waals surface area contributed by atoms with Gasteiger partial charge in [-0.2, -0.15) is 13.2 Å². The van der Waals surface area contributed by atoms with Gasteiger partial charge in [0.05, 0.1) is 11.3 Å². The number of nitrogens with one attached hydrogen (secondary N) is 1. The molecule has 0 bridgehead atoms. The molecule has 174 valence electrons. The Morgan fingerprint density at radius 1 is 1.12 bits per heavy atom. The fourth-order valence-corrected chi connectivity index (χ4v) is 4.23. The van der Waals surface area contributed by atoms with E-state index in [2.05, 4.69) is 25.2 Å². The lowest BCUT2D eigenvalue weighted by atomic mass is 9.94. The number of anilines is 2. The van der Waals surface area contributed by atoms with Gasteiger partial charge < -0.3 is 5.32 Å². The van der Waals surface area contributed by atoms with Crippen molar-refractivity contribution in [2.45, 2.75) is 38.4 Å². The van der Waals surface area contributed by atoms with Crippen LogP contribution < -0.4 is 5.32 Å². The summed E-state index contributed by atoms with van der Waals surface area (Å²) in [5.41, 5.74) is 0.885. The molecule has 1 aliphatic heterocycles. The van der Waals surface area contributed by atoms with Crippen LogP contribution in [0.4, 0.5) is 29.2 Å². The van der Waals surface area contributed by atoms with Crippen LogP contribution in [-0.4, -0.2) is 32.9 Å². The number of piperidine rings is 1. The lowest BCUT2D eigenvalue weighted by molar-refractivity contribution is -0.137. The van der Waals surface area contributed by atoms with E-state index >= 15 is 0 Å². The summed E-state index contributed by atoms with van der Waals surface area (Å²) in [6.07, 6.45) is -1.47. The first-order chi connectivity index (χ1) is 15.7. The van der Waals surface area contributed by atoms with Crippen molar-refractivity contribution in [1.29, 1.82) is 0 Å². The number of aromatic nitrogens is 3. The number of alkyl halides is 3. The first-order valence-electron chi connectivity index (χ1n) is 10.5. The van der Waals surface area contributed by atoms with Crippen LogP contribution in [-0.2, 0) is 12.7 Å². The number of pyridine rings is 1. The van der Waals surface area contributed by atoms with E-state index in [0.717, 1.165) is 55.5 Å². The maximum atomic E-state index is 13.3. The average Bonchev–Trinajstić information content (AvgIpc) is 2.75. The molecule has 4 rings (SSSR count). The number of nitrogens with zero attached hydrogens (tertiary/aromatic N) is 4. The van der Waals surface area contributed by atoms with Crippen molar-refractivity contribution in [1.82, 2.24) is 19.9 Å². The van der Waals surface area contributed by atoms with E-state index in [1.54, 1.807) is 19.1 Å².